The molecule has 3 nitrogen and oxygen atoms in total. The first-order chi connectivity index (χ1) is 8.56. The van der Waals surface area contributed by atoms with Crippen LogP contribution in [0.4, 0.5) is 5.69 Å². The first kappa shape index (κ1) is 13.2. The van der Waals surface area contributed by atoms with Gasteiger partial charge in [-0.2, -0.15) is 0 Å². The number of rotatable bonds is 4. The maximum atomic E-state index is 6.08. The average molecular weight is 285 g/mol. The lowest BCUT2D eigenvalue weighted by molar-refractivity contribution is 0.497. The summed E-state index contributed by atoms with van der Waals surface area (Å²) in [4.78, 5) is 4.03. The molecule has 0 amide bonds. The summed E-state index contributed by atoms with van der Waals surface area (Å²) < 4.78 is 5.31. The third-order valence-electron chi connectivity index (χ3n) is 2.62. The van der Waals surface area contributed by atoms with Crippen molar-refractivity contribution >= 4 is 28.9 Å². The highest BCUT2D eigenvalue weighted by Crippen LogP contribution is 2.27. The summed E-state index contributed by atoms with van der Waals surface area (Å²) in [5, 5.41) is 4.13. The van der Waals surface area contributed by atoms with Gasteiger partial charge in [-0.05, 0) is 37.6 Å². The van der Waals surface area contributed by atoms with Crippen LogP contribution in [0.1, 0.15) is 18.2 Å². The fourth-order valence-corrected chi connectivity index (χ4v) is 2.38. The Balaban J connectivity index is 2.09. The van der Waals surface area contributed by atoms with Crippen molar-refractivity contribution in [1.82, 2.24) is 4.98 Å². The van der Waals surface area contributed by atoms with Crippen LogP contribution in [0.25, 0.3) is 0 Å². The molecule has 2 heterocycles. The topological polar surface area (TPSA) is 38.1 Å². The second-order valence-corrected chi connectivity index (χ2v) is 5.00. The van der Waals surface area contributed by atoms with Crippen LogP contribution < -0.4 is 5.32 Å². The summed E-state index contributed by atoms with van der Waals surface area (Å²) in [6.45, 7) is 4.01. The van der Waals surface area contributed by atoms with Crippen molar-refractivity contribution in [3.05, 3.63) is 46.1 Å². The van der Waals surface area contributed by atoms with Crippen LogP contribution in [0.3, 0.4) is 0 Å². The number of halogens is 2. The fourth-order valence-electron chi connectivity index (χ4n) is 1.80. The Hall–Kier alpha value is -1.19. The van der Waals surface area contributed by atoms with Gasteiger partial charge in [-0.3, -0.25) is 0 Å². The predicted molar refractivity (Wildman–Crippen MR) is 74.5 cm³/mol. The molecule has 0 aliphatic heterocycles. The van der Waals surface area contributed by atoms with Gasteiger partial charge in [0.15, 0.2) is 5.15 Å². The van der Waals surface area contributed by atoms with Crippen LogP contribution in [0.5, 0.6) is 0 Å². The van der Waals surface area contributed by atoms with Gasteiger partial charge in [-0.25, -0.2) is 4.98 Å². The number of nitrogens with one attached hydrogen (secondary N) is 1. The molecule has 0 saturated carbocycles. The van der Waals surface area contributed by atoms with E-state index in [-0.39, 0.29) is 6.04 Å². The quantitative estimate of drug-likeness (QED) is 0.849. The molecule has 0 aliphatic rings. The monoisotopic (exact) mass is 284 g/mol. The van der Waals surface area contributed by atoms with Crippen molar-refractivity contribution in [1.29, 1.82) is 0 Å². The summed E-state index contributed by atoms with van der Waals surface area (Å²) in [6, 6.07) is 5.81. The smallest absolute Gasteiger partial charge is 0.154 e. The summed E-state index contributed by atoms with van der Waals surface area (Å²) in [5.74, 6) is 0.936. The van der Waals surface area contributed by atoms with E-state index >= 15 is 0 Å². The van der Waals surface area contributed by atoms with Gasteiger partial charge in [0.25, 0.3) is 0 Å². The summed E-state index contributed by atoms with van der Waals surface area (Å²) in [6.07, 6.45) is 2.45. The van der Waals surface area contributed by atoms with Crippen molar-refractivity contribution in [3.63, 3.8) is 0 Å². The van der Waals surface area contributed by atoms with Gasteiger partial charge < -0.3 is 9.73 Å². The molecule has 2 rings (SSSR count). The molecule has 0 saturated heterocycles. The van der Waals surface area contributed by atoms with E-state index in [9.17, 15) is 0 Å². The number of nitrogens with zero attached hydrogens (tertiary/aromatic N) is 1. The molecule has 0 spiro atoms. The lowest BCUT2D eigenvalue weighted by Crippen LogP contribution is -2.19. The molecule has 0 fully saturated rings. The largest absolute Gasteiger partial charge is 0.469 e. The van der Waals surface area contributed by atoms with Gasteiger partial charge in [0, 0.05) is 12.5 Å². The molecule has 2 aromatic rings. The second kappa shape index (κ2) is 5.63. The van der Waals surface area contributed by atoms with Crippen molar-refractivity contribution in [2.24, 2.45) is 0 Å². The van der Waals surface area contributed by atoms with Crippen molar-refractivity contribution < 1.29 is 4.42 Å². The van der Waals surface area contributed by atoms with Crippen LogP contribution in [-0.4, -0.2) is 11.0 Å². The standard InChI is InChI=1S/C13H14Cl2N2O/c1-8-6-11(14)17-13(15)12(8)16-9(2)7-10-4-3-5-18-10/h3-6,9,16H,7H2,1-2H3. The van der Waals surface area contributed by atoms with E-state index in [1.807, 2.05) is 19.1 Å². The Morgan fingerprint density at radius 1 is 1.44 bits per heavy atom. The third kappa shape index (κ3) is 3.18. The number of pyridine rings is 1. The van der Waals surface area contributed by atoms with Crippen LogP contribution in [0.2, 0.25) is 10.3 Å². The van der Waals surface area contributed by atoms with E-state index in [1.54, 1.807) is 12.3 Å². The molecule has 1 N–H and O–H groups in total. The lowest BCUT2D eigenvalue weighted by Gasteiger charge is -2.17. The predicted octanol–water partition coefficient (Wildman–Crippen LogP) is 4.33. The molecule has 0 radical (unpaired) electrons. The van der Waals surface area contributed by atoms with Crippen molar-refractivity contribution in [3.8, 4) is 0 Å². The Morgan fingerprint density at radius 2 is 2.22 bits per heavy atom. The van der Waals surface area contributed by atoms with Gasteiger partial charge in [-0.15, -0.1) is 0 Å². The van der Waals surface area contributed by atoms with Crippen molar-refractivity contribution in [2.75, 3.05) is 5.32 Å². The van der Waals surface area contributed by atoms with Gasteiger partial charge in [0.05, 0.1) is 12.0 Å². The SMILES string of the molecule is Cc1cc(Cl)nc(Cl)c1NC(C)Cc1ccco1. The Labute approximate surface area is 116 Å². The highest BCUT2D eigenvalue weighted by molar-refractivity contribution is 6.34. The maximum Gasteiger partial charge on any atom is 0.154 e. The number of furan rings is 1. The first-order valence-corrected chi connectivity index (χ1v) is 6.43. The number of aromatic nitrogens is 1. The van der Waals surface area contributed by atoms with Crippen LogP contribution in [0.15, 0.2) is 28.9 Å². The zero-order chi connectivity index (χ0) is 13.1. The Bertz CT molecular complexity index is 503. The van der Waals surface area contributed by atoms with Crippen LogP contribution in [-0.2, 0) is 6.42 Å². The van der Waals surface area contributed by atoms with Gasteiger partial charge in [0.2, 0.25) is 0 Å². The first-order valence-electron chi connectivity index (χ1n) is 5.68. The minimum absolute atomic E-state index is 0.190. The van der Waals surface area contributed by atoms with Gasteiger partial charge in [-0.1, -0.05) is 23.2 Å². The number of hydrogen-bond donors (Lipinski definition) is 1. The van der Waals surface area contributed by atoms with E-state index in [0.717, 1.165) is 23.4 Å². The van der Waals surface area contributed by atoms with Crippen LogP contribution >= 0.6 is 23.2 Å². The number of anilines is 1. The van der Waals surface area contributed by atoms with E-state index in [0.29, 0.717) is 10.3 Å². The summed E-state index contributed by atoms with van der Waals surface area (Å²) >= 11 is 11.9. The molecular formula is C13H14Cl2N2O. The molecule has 96 valence electrons. The second-order valence-electron chi connectivity index (χ2n) is 4.26. The minimum Gasteiger partial charge on any atom is -0.469 e. The lowest BCUT2D eigenvalue weighted by atomic mass is 10.1. The van der Waals surface area contributed by atoms with Crippen LogP contribution in [0, 0.1) is 6.92 Å². The molecule has 0 aliphatic carbocycles. The zero-order valence-electron chi connectivity index (χ0n) is 10.2. The third-order valence-corrected chi connectivity index (χ3v) is 3.09. The molecule has 5 heteroatoms. The molecule has 2 aromatic heterocycles. The minimum atomic E-state index is 0.190. The Morgan fingerprint density at radius 3 is 2.83 bits per heavy atom. The highest BCUT2D eigenvalue weighted by atomic mass is 35.5. The Kier molecular flexibility index (Phi) is 4.15. The molecule has 0 aromatic carbocycles. The number of aryl methyl sites for hydroxylation is 1. The van der Waals surface area contributed by atoms with Crippen molar-refractivity contribution in [2.45, 2.75) is 26.3 Å². The van der Waals surface area contributed by atoms with E-state index in [1.165, 1.54) is 0 Å². The summed E-state index contributed by atoms with van der Waals surface area (Å²) in [5.41, 5.74) is 1.80. The highest BCUT2D eigenvalue weighted by Gasteiger charge is 2.11. The summed E-state index contributed by atoms with van der Waals surface area (Å²) in [7, 11) is 0. The van der Waals surface area contributed by atoms with Gasteiger partial charge in [0.1, 0.15) is 10.9 Å². The molecular weight excluding hydrogens is 271 g/mol. The van der Waals surface area contributed by atoms with E-state index < -0.39 is 0 Å². The maximum absolute atomic E-state index is 6.08. The number of hydrogen-bond acceptors (Lipinski definition) is 3. The molecule has 1 atom stereocenters. The molecule has 1 unspecified atom stereocenters. The van der Waals surface area contributed by atoms with Gasteiger partial charge >= 0.3 is 0 Å². The molecule has 18 heavy (non-hydrogen) atoms. The normalized spacial score (nSPS) is 12.4. The van der Waals surface area contributed by atoms with E-state index in [2.05, 4.69) is 17.2 Å². The molecule has 0 bridgehead atoms. The average Bonchev–Trinajstić information content (AvgIpc) is 2.76. The van der Waals surface area contributed by atoms with E-state index in [4.69, 9.17) is 27.6 Å². The zero-order valence-corrected chi connectivity index (χ0v) is 11.7. The fraction of sp³-hybridized carbons (Fsp3) is 0.308.